The van der Waals surface area contributed by atoms with Gasteiger partial charge in [0.15, 0.2) is 0 Å². The second kappa shape index (κ2) is 5.55. The largest absolute Gasteiger partial charge is 0.467 e. The second-order valence-corrected chi connectivity index (χ2v) is 5.98. The van der Waals surface area contributed by atoms with Gasteiger partial charge in [-0.05, 0) is 48.9 Å². The highest BCUT2D eigenvalue weighted by Gasteiger charge is 2.35. The normalized spacial score (nSPS) is 19.1. The number of hydrogen-bond acceptors (Lipinski definition) is 3. The summed E-state index contributed by atoms with van der Waals surface area (Å²) in [6, 6.07) is 1.94. The molecule has 1 N–H and O–H groups in total. The maximum Gasteiger partial charge on any atom is 0.131 e. The molecule has 1 aromatic heterocycles. The van der Waals surface area contributed by atoms with Gasteiger partial charge in [0.05, 0.1) is 17.3 Å². The fourth-order valence-electron chi connectivity index (χ4n) is 2.68. The highest BCUT2D eigenvalue weighted by Crippen LogP contribution is 2.33. The van der Waals surface area contributed by atoms with Crippen molar-refractivity contribution >= 4 is 15.9 Å². The van der Waals surface area contributed by atoms with E-state index >= 15 is 0 Å². The molecule has 1 heterocycles. The average Bonchev–Trinajstić information content (AvgIpc) is 2.90. The Morgan fingerprint density at radius 3 is 2.65 bits per heavy atom. The van der Waals surface area contributed by atoms with Crippen LogP contribution in [0.15, 0.2) is 21.2 Å². The van der Waals surface area contributed by atoms with E-state index in [2.05, 4.69) is 40.2 Å². The molecule has 1 aliphatic carbocycles. The van der Waals surface area contributed by atoms with Gasteiger partial charge in [-0.15, -0.1) is 0 Å². The maximum atomic E-state index is 5.40. The number of halogens is 1. The Kier molecular flexibility index (Phi) is 4.28. The predicted octanol–water partition coefficient (Wildman–Crippen LogP) is 3.01. The van der Waals surface area contributed by atoms with Crippen LogP contribution in [0.5, 0.6) is 0 Å². The van der Waals surface area contributed by atoms with E-state index in [4.69, 9.17) is 4.42 Å². The first-order chi connectivity index (χ1) is 8.14. The molecule has 1 aromatic rings. The van der Waals surface area contributed by atoms with Gasteiger partial charge in [-0.2, -0.15) is 0 Å². The van der Waals surface area contributed by atoms with E-state index in [1.807, 2.05) is 6.07 Å². The van der Waals surface area contributed by atoms with Crippen molar-refractivity contribution in [1.29, 1.82) is 0 Å². The van der Waals surface area contributed by atoms with E-state index in [9.17, 15) is 0 Å². The molecule has 0 saturated heterocycles. The minimum Gasteiger partial charge on any atom is -0.467 e. The summed E-state index contributed by atoms with van der Waals surface area (Å²) in [6.07, 6.45) is 7.02. The highest BCUT2D eigenvalue weighted by molar-refractivity contribution is 9.10. The smallest absolute Gasteiger partial charge is 0.131 e. The van der Waals surface area contributed by atoms with Crippen molar-refractivity contribution in [1.82, 2.24) is 10.2 Å². The van der Waals surface area contributed by atoms with E-state index in [-0.39, 0.29) is 0 Å². The van der Waals surface area contributed by atoms with Crippen molar-refractivity contribution in [3.8, 4) is 0 Å². The van der Waals surface area contributed by atoms with Crippen LogP contribution >= 0.6 is 15.9 Å². The first-order valence-corrected chi connectivity index (χ1v) is 7.03. The average molecular weight is 301 g/mol. The summed E-state index contributed by atoms with van der Waals surface area (Å²) in [5.74, 6) is 0.983. The summed E-state index contributed by atoms with van der Waals surface area (Å²) in [7, 11) is 4.38. The van der Waals surface area contributed by atoms with Gasteiger partial charge < -0.3 is 14.6 Å². The number of nitrogens with zero attached hydrogens (tertiary/aromatic N) is 1. The number of nitrogens with one attached hydrogen (secondary N) is 1. The van der Waals surface area contributed by atoms with Crippen LogP contribution < -0.4 is 5.32 Å². The summed E-state index contributed by atoms with van der Waals surface area (Å²) in [5, 5.41) is 3.53. The minimum absolute atomic E-state index is 0.346. The molecule has 0 unspecified atom stereocenters. The molecule has 1 aliphatic rings. The van der Waals surface area contributed by atoms with Crippen molar-refractivity contribution < 1.29 is 4.42 Å². The maximum absolute atomic E-state index is 5.40. The number of likely N-dealkylation sites (N-methyl/N-ethyl adjacent to an activating group) is 1. The summed E-state index contributed by atoms with van der Waals surface area (Å²) >= 11 is 3.48. The Balaban J connectivity index is 1.86. The summed E-state index contributed by atoms with van der Waals surface area (Å²) < 4.78 is 6.45. The van der Waals surface area contributed by atoms with Gasteiger partial charge in [0, 0.05) is 12.1 Å². The van der Waals surface area contributed by atoms with Gasteiger partial charge in [-0.3, -0.25) is 0 Å². The fraction of sp³-hybridized carbons (Fsp3) is 0.692. The summed E-state index contributed by atoms with van der Waals surface area (Å²) in [4.78, 5) is 2.38. The lowest BCUT2D eigenvalue weighted by Crippen LogP contribution is -2.49. The van der Waals surface area contributed by atoms with E-state index < -0.39 is 0 Å². The SMILES string of the molecule is CN(C)C1(CNCc2occc2Br)CCCC1. The zero-order chi connectivity index (χ0) is 12.3. The van der Waals surface area contributed by atoms with Gasteiger partial charge in [0.25, 0.3) is 0 Å². The Hall–Kier alpha value is -0.320. The third-order valence-electron chi connectivity index (χ3n) is 3.91. The van der Waals surface area contributed by atoms with E-state index in [1.165, 1.54) is 25.7 Å². The van der Waals surface area contributed by atoms with Crippen LogP contribution in [0.2, 0.25) is 0 Å². The molecule has 3 nitrogen and oxygen atoms in total. The molecule has 96 valence electrons. The molecule has 0 aliphatic heterocycles. The standard InChI is InChI=1S/C13H21BrN2O/c1-16(2)13(6-3-4-7-13)10-15-9-12-11(14)5-8-17-12/h5,8,15H,3-4,6-7,9-10H2,1-2H3. The van der Waals surface area contributed by atoms with Crippen LogP contribution in [0.25, 0.3) is 0 Å². The lowest BCUT2D eigenvalue weighted by molar-refractivity contribution is 0.152. The van der Waals surface area contributed by atoms with Crippen LogP contribution in [-0.2, 0) is 6.54 Å². The Morgan fingerprint density at radius 1 is 1.41 bits per heavy atom. The monoisotopic (exact) mass is 300 g/mol. The van der Waals surface area contributed by atoms with Gasteiger partial charge in [-0.1, -0.05) is 12.8 Å². The van der Waals surface area contributed by atoms with Crippen molar-refractivity contribution in [2.24, 2.45) is 0 Å². The molecule has 4 heteroatoms. The zero-order valence-electron chi connectivity index (χ0n) is 10.6. The number of hydrogen-bond donors (Lipinski definition) is 1. The fourth-order valence-corrected chi connectivity index (χ4v) is 3.02. The molecule has 17 heavy (non-hydrogen) atoms. The van der Waals surface area contributed by atoms with Crippen molar-refractivity contribution in [3.63, 3.8) is 0 Å². The molecular formula is C13H21BrN2O. The molecule has 1 saturated carbocycles. The van der Waals surface area contributed by atoms with E-state index in [0.717, 1.165) is 23.3 Å². The van der Waals surface area contributed by atoms with Crippen LogP contribution in [0.3, 0.4) is 0 Å². The first kappa shape index (κ1) is 13.1. The molecule has 0 radical (unpaired) electrons. The van der Waals surface area contributed by atoms with Gasteiger partial charge in [-0.25, -0.2) is 0 Å². The molecule has 0 amide bonds. The highest BCUT2D eigenvalue weighted by atomic mass is 79.9. The summed E-state index contributed by atoms with van der Waals surface area (Å²) in [6.45, 7) is 1.83. The van der Waals surface area contributed by atoms with E-state index in [0.29, 0.717) is 5.54 Å². The molecule has 2 rings (SSSR count). The van der Waals surface area contributed by atoms with E-state index in [1.54, 1.807) is 6.26 Å². The third-order valence-corrected chi connectivity index (χ3v) is 4.62. The topological polar surface area (TPSA) is 28.4 Å². The quantitative estimate of drug-likeness (QED) is 0.906. The van der Waals surface area contributed by atoms with Crippen molar-refractivity contribution in [3.05, 3.63) is 22.6 Å². The van der Waals surface area contributed by atoms with Gasteiger partial charge >= 0.3 is 0 Å². The number of furan rings is 1. The Bertz CT molecular complexity index is 356. The van der Waals surface area contributed by atoms with Crippen LogP contribution in [0, 0.1) is 0 Å². The lowest BCUT2D eigenvalue weighted by Gasteiger charge is -2.36. The lowest BCUT2D eigenvalue weighted by atomic mass is 9.96. The zero-order valence-corrected chi connectivity index (χ0v) is 12.2. The van der Waals surface area contributed by atoms with Crippen molar-refractivity contribution in [2.45, 2.75) is 37.8 Å². The van der Waals surface area contributed by atoms with Crippen LogP contribution in [-0.4, -0.2) is 31.1 Å². The van der Waals surface area contributed by atoms with Crippen molar-refractivity contribution in [2.75, 3.05) is 20.6 Å². The molecular weight excluding hydrogens is 280 g/mol. The number of rotatable bonds is 5. The first-order valence-electron chi connectivity index (χ1n) is 6.24. The predicted molar refractivity (Wildman–Crippen MR) is 73.0 cm³/mol. The Labute approximate surface area is 112 Å². The van der Waals surface area contributed by atoms with Crippen LogP contribution in [0.1, 0.15) is 31.4 Å². The Morgan fingerprint density at radius 2 is 2.12 bits per heavy atom. The second-order valence-electron chi connectivity index (χ2n) is 5.12. The molecule has 0 atom stereocenters. The van der Waals surface area contributed by atoms with Crippen LogP contribution in [0.4, 0.5) is 0 Å². The summed E-state index contributed by atoms with van der Waals surface area (Å²) in [5.41, 5.74) is 0.346. The molecule has 0 spiro atoms. The third kappa shape index (κ3) is 2.92. The molecule has 0 bridgehead atoms. The van der Waals surface area contributed by atoms with Gasteiger partial charge in [0.1, 0.15) is 5.76 Å². The van der Waals surface area contributed by atoms with Gasteiger partial charge in [0.2, 0.25) is 0 Å². The molecule has 1 fully saturated rings. The minimum atomic E-state index is 0.346. The molecule has 0 aromatic carbocycles.